The van der Waals surface area contributed by atoms with Crippen molar-refractivity contribution >= 4 is 10.8 Å². The average molecular weight is 246 g/mol. The van der Waals surface area contributed by atoms with Crippen molar-refractivity contribution in [2.75, 3.05) is 31.6 Å². The third-order valence-corrected chi connectivity index (χ3v) is 4.16. The first kappa shape index (κ1) is 14.1. The van der Waals surface area contributed by atoms with Crippen molar-refractivity contribution in [1.82, 2.24) is 10.2 Å². The van der Waals surface area contributed by atoms with Gasteiger partial charge in [-0.25, -0.2) is 0 Å². The summed E-state index contributed by atoms with van der Waals surface area (Å²) in [6.45, 7) is 10.1. The average Bonchev–Trinajstić information content (AvgIpc) is 2.16. The first-order valence-corrected chi connectivity index (χ1v) is 8.01. The van der Waals surface area contributed by atoms with Crippen LogP contribution in [-0.4, -0.2) is 52.8 Å². The Bertz CT molecular complexity index is 233. The summed E-state index contributed by atoms with van der Waals surface area (Å²) in [7, 11) is -0.643. The van der Waals surface area contributed by atoms with E-state index in [2.05, 4.69) is 31.0 Å². The summed E-state index contributed by atoms with van der Waals surface area (Å²) < 4.78 is 11.0. The summed E-state index contributed by atoms with van der Waals surface area (Å²) in [4.78, 5) is 2.57. The Morgan fingerprint density at radius 3 is 2.75 bits per heavy atom. The minimum absolute atomic E-state index is 0.585. The van der Waals surface area contributed by atoms with Gasteiger partial charge in [-0.3, -0.25) is 9.11 Å². The molecule has 1 heterocycles. The molecule has 0 aromatic heterocycles. The van der Waals surface area contributed by atoms with Crippen LogP contribution in [-0.2, 0) is 10.8 Å². The van der Waals surface area contributed by atoms with Crippen LogP contribution >= 0.6 is 0 Å². The van der Waals surface area contributed by atoms with E-state index in [1.54, 1.807) is 6.26 Å². The first-order chi connectivity index (χ1) is 7.50. The maximum Gasteiger partial charge on any atom is 0.0244 e. The van der Waals surface area contributed by atoms with Gasteiger partial charge in [0, 0.05) is 48.0 Å². The van der Waals surface area contributed by atoms with Gasteiger partial charge in [0.25, 0.3) is 0 Å². The molecule has 1 aliphatic heterocycles. The number of piperazine rings is 1. The van der Waals surface area contributed by atoms with Crippen molar-refractivity contribution in [3.8, 4) is 0 Å². The van der Waals surface area contributed by atoms with Gasteiger partial charge in [0.15, 0.2) is 0 Å². The largest absolute Gasteiger partial charge is 0.311 e. The van der Waals surface area contributed by atoms with E-state index in [4.69, 9.17) is 0 Å². The molecule has 1 fully saturated rings. The zero-order chi connectivity index (χ0) is 12.1. The van der Waals surface area contributed by atoms with Gasteiger partial charge in [0.1, 0.15) is 0 Å². The molecule has 3 nitrogen and oxygen atoms in total. The molecular formula is C12H26N2OS. The highest BCUT2D eigenvalue weighted by Crippen LogP contribution is 2.15. The number of rotatable bonds is 5. The molecule has 0 aromatic carbocycles. The second-order valence-electron chi connectivity index (χ2n) is 5.25. The Labute approximate surface area is 102 Å². The normalized spacial score (nSPS) is 29.6. The number of hydrogen-bond acceptors (Lipinski definition) is 3. The summed E-state index contributed by atoms with van der Waals surface area (Å²) in [6, 6.07) is 1.23. The maximum absolute atomic E-state index is 11.0. The second kappa shape index (κ2) is 6.72. The van der Waals surface area contributed by atoms with Gasteiger partial charge in [0.2, 0.25) is 0 Å². The Morgan fingerprint density at radius 1 is 1.50 bits per heavy atom. The molecule has 16 heavy (non-hydrogen) atoms. The zero-order valence-corrected chi connectivity index (χ0v) is 11.8. The molecule has 3 unspecified atom stereocenters. The predicted molar refractivity (Wildman–Crippen MR) is 71.2 cm³/mol. The van der Waals surface area contributed by atoms with Crippen molar-refractivity contribution < 1.29 is 4.21 Å². The van der Waals surface area contributed by atoms with Crippen LogP contribution < -0.4 is 5.32 Å². The number of hydrogen-bond donors (Lipinski definition) is 1. The van der Waals surface area contributed by atoms with Crippen LogP contribution in [0.4, 0.5) is 0 Å². The molecule has 96 valence electrons. The monoisotopic (exact) mass is 246 g/mol. The van der Waals surface area contributed by atoms with Gasteiger partial charge in [-0.15, -0.1) is 0 Å². The van der Waals surface area contributed by atoms with E-state index in [0.29, 0.717) is 18.0 Å². The highest BCUT2D eigenvalue weighted by atomic mass is 32.2. The molecule has 0 saturated carbocycles. The van der Waals surface area contributed by atoms with E-state index in [1.807, 2.05) is 0 Å². The number of nitrogens with zero attached hydrogens (tertiary/aromatic N) is 1. The fourth-order valence-corrected chi connectivity index (χ4v) is 2.92. The van der Waals surface area contributed by atoms with Crippen molar-refractivity contribution in [3.63, 3.8) is 0 Å². The smallest absolute Gasteiger partial charge is 0.0244 e. The van der Waals surface area contributed by atoms with Crippen molar-refractivity contribution in [1.29, 1.82) is 0 Å². The first-order valence-electron chi connectivity index (χ1n) is 6.28. The summed E-state index contributed by atoms with van der Waals surface area (Å²) in [5.41, 5.74) is 0. The minimum Gasteiger partial charge on any atom is -0.311 e. The summed E-state index contributed by atoms with van der Waals surface area (Å²) in [6.07, 6.45) is 2.85. The Balaban J connectivity index is 2.41. The molecule has 1 aliphatic rings. The lowest BCUT2D eigenvalue weighted by Gasteiger charge is -2.41. The van der Waals surface area contributed by atoms with E-state index < -0.39 is 10.8 Å². The lowest BCUT2D eigenvalue weighted by atomic mass is 9.98. The predicted octanol–water partition coefficient (Wildman–Crippen LogP) is 1.07. The Morgan fingerprint density at radius 2 is 2.19 bits per heavy atom. The molecule has 4 heteroatoms. The van der Waals surface area contributed by atoms with Crippen molar-refractivity contribution in [2.45, 2.75) is 39.3 Å². The molecule has 0 radical (unpaired) electrons. The third kappa shape index (κ3) is 4.52. The molecule has 1 N–H and O–H groups in total. The van der Waals surface area contributed by atoms with Crippen LogP contribution in [0.2, 0.25) is 0 Å². The van der Waals surface area contributed by atoms with Crippen LogP contribution in [0.25, 0.3) is 0 Å². The highest BCUT2D eigenvalue weighted by Gasteiger charge is 2.27. The zero-order valence-electron chi connectivity index (χ0n) is 11.0. The highest BCUT2D eigenvalue weighted by molar-refractivity contribution is 7.84. The quantitative estimate of drug-likeness (QED) is 0.788. The molecule has 1 rings (SSSR count). The van der Waals surface area contributed by atoms with Crippen LogP contribution in [0, 0.1) is 5.92 Å². The van der Waals surface area contributed by atoms with Gasteiger partial charge in [-0.2, -0.15) is 0 Å². The molecule has 0 amide bonds. The molecular weight excluding hydrogens is 220 g/mol. The number of nitrogens with one attached hydrogen (secondary N) is 1. The molecule has 0 aromatic rings. The summed E-state index contributed by atoms with van der Waals surface area (Å²) >= 11 is 0. The van der Waals surface area contributed by atoms with Crippen LogP contribution in [0.3, 0.4) is 0 Å². The lowest BCUT2D eigenvalue weighted by Crippen LogP contribution is -2.57. The van der Waals surface area contributed by atoms with Gasteiger partial charge in [-0.1, -0.05) is 13.8 Å². The van der Waals surface area contributed by atoms with Crippen molar-refractivity contribution in [2.24, 2.45) is 5.92 Å². The molecule has 0 bridgehead atoms. The Hall–Kier alpha value is 0.0700. The van der Waals surface area contributed by atoms with E-state index in [1.165, 1.54) is 0 Å². The Kier molecular flexibility index (Phi) is 5.94. The summed E-state index contributed by atoms with van der Waals surface area (Å²) in [5, 5.41) is 3.54. The van der Waals surface area contributed by atoms with Gasteiger partial charge < -0.3 is 5.32 Å². The van der Waals surface area contributed by atoms with Crippen molar-refractivity contribution in [3.05, 3.63) is 0 Å². The van der Waals surface area contributed by atoms with E-state index in [9.17, 15) is 4.21 Å². The van der Waals surface area contributed by atoms with Gasteiger partial charge >= 0.3 is 0 Å². The van der Waals surface area contributed by atoms with E-state index in [0.717, 1.165) is 31.8 Å². The SMILES string of the molecule is CC1CN(CCCS(C)=O)C(C(C)C)CN1. The van der Waals surface area contributed by atoms with Gasteiger partial charge in [0.05, 0.1) is 0 Å². The van der Waals surface area contributed by atoms with Crippen LogP contribution in [0.5, 0.6) is 0 Å². The molecule has 1 saturated heterocycles. The van der Waals surface area contributed by atoms with Crippen LogP contribution in [0.1, 0.15) is 27.2 Å². The van der Waals surface area contributed by atoms with E-state index >= 15 is 0 Å². The molecule has 3 atom stereocenters. The standard InChI is InChI=1S/C12H26N2OS/c1-10(2)12-8-13-11(3)9-14(12)6-5-7-16(4)15/h10-13H,5-9H2,1-4H3. The maximum atomic E-state index is 11.0. The summed E-state index contributed by atoms with van der Waals surface area (Å²) in [5.74, 6) is 1.52. The fraction of sp³-hybridized carbons (Fsp3) is 1.00. The fourth-order valence-electron chi connectivity index (χ4n) is 2.39. The topological polar surface area (TPSA) is 32.3 Å². The molecule has 0 aliphatic carbocycles. The minimum atomic E-state index is -0.643. The third-order valence-electron chi connectivity index (χ3n) is 3.30. The van der Waals surface area contributed by atoms with Crippen LogP contribution in [0.15, 0.2) is 0 Å². The van der Waals surface area contributed by atoms with Gasteiger partial charge in [-0.05, 0) is 25.8 Å². The van der Waals surface area contributed by atoms with E-state index in [-0.39, 0.29) is 0 Å². The lowest BCUT2D eigenvalue weighted by molar-refractivity contribution is 0.103. The second-order valence-corrected chi connectivity index (χ2v) is 6.80. The molecule has 0 spiro atoms.